The van der Waals surface area contributed by atoms with E-state index in [2.05, 4.69) is 21.5 Å². The summed E-state index contributed by atoms with van der Waals surface area (Å²) < 4.78 is 1.91. The number of nitrogens with zero attached hydrogens (tertiary/aromatic N) is 3. The van der Waals surface area contributed by atoms with Gasteiger partial charge in [-0.25, -0.2) is 4.68 Å². The number of fused-ring (bicyclic) bond motifs is 4. The molecule has 6 rings (SSSR count). The van der Waals surface area contributed by atoms with Gasteiger partial charge in [-0.15, -0.1) is 0 Å². The number of carbonyl (C=O) groups is 1. The lowest BCUT2D eigenvalue weighted by molar-refractivity contribution is 0.0734. The lowest BCUT2D eigenvalue weighted by Gasteiger charge is -2.27. The van der Waals surface area contributed by atoms with Crippen molar-refractivity contribution in [2.75, 3.05) is 13.1 Å². The molecule has 6 nitrogen and oxygen atoms in total. The number of rotatable bonds is 2. The molecule has 0 saturated heterocycles. The highest BCUT2D eigenvalue weighted by atomic mass is 35.5. The van der Waals surface area contributed by atoms with Crippen LogP contribution in [0.2, 0.25) is 5.02 Å². The number of hydrogen-bond donors (Lipinski definition) is 2. The molecule has 2 aromatic heterocycles. The normalized spacial score (nSPS) is 15.7. The number of para-hydroxylation sites is 1. The van der Waals surface area contributed by atoms with Crippen LogP contribution in [0.15, 0.2) is 48.7 Å². The van der Waals surface area contributed by atoms with Gasteiger partial charge in [0.1, 0.15) is 0 Å². The van der Waals surface area contributed by atoms with Crippen molar-refractivity contribution in [3.05, 3.63) is 81.8 Å². The fourth-order valence-corrected chi connectivity index (χ4v) is 5.03. The highest BCUT2D eigenvalue weighted by Crippen LogP contribution is 2.29. The summed E-state index contributed by atoms with van der Waals surface area (Å²) in [6, 6.07) is 13.7. The van der Waals surface area contributed by atoms with Gasteiger partial charge < -0.3 is 15.2 Å². The van der Waals surface area contributed by atoms with Gasteiger partial charge in [-0.1, -0.05) is 23.7 Å². The lowest BCUT2D eigenvalue weighted by Crippen LogP contribution is -2.36. The molecule has 0 bridgehead atoms. The zero-order valence-electron chi connectivity index (χ0n) is 17.0. The van der Waals surface area contributed by atoms with Gasteiger partial charge in [0.05, 0.1) is 22.6 Å². The molecule has 2 N–H and O–H groups in total. The molecule has 0 unspecified atom stereocenters. The number of benzene rings is 2. The molecular formula is C24H22ClN5O. The first kappa shape index (κ1) is 18.7. The van der Waals surface area contributed by atoms with E-state index in [4.69, 9.17) is 11.6 Å². The van der Waals surface area contributed by atoms with E-state index < -0.39 is 0 Å². The van der Waals surface area contributed by atoms with Crippen LogP contribution in [0.1, 0.15) is 32.9 Å². The zero-order chi connectivity index (χ0) is 20.9. The van der Waals surface area contributed by atoms with Crippen LogP contribution in [0, 0.1) is 0 Å². The van der Waals surface area contributed by atoms with Crippen molar-refractivity contribution in [2.45, 2.75) is 25.9 Å². The van der Waals surface area contributed by atoms with E-state index in [0.29, 0.717) is 18.1 Å². The van der Waals surface area contributed by atoms with E-state index in [1.165, 1.54) is 16.6 Å². The van der Waals surface area contributed by atoms with Crippen molar-refractivity contribution in [2.24, 2.45) is 0 Å². The molecule has 0 fully saturated rings. The number of carbonyl (C=O) groups excluding carboxylic acids is 1. The summed E-state index contributed by atoms with van der Waals surface area (Å²) in [4.78, 5) is 18.7. The molecule has 2 aliphatic heterocycles. The highest BCUT2D eigenvalue weighted by molar-refractivity contribution is 6.32. The number of hydrogen-bond acceptors (Lipinski definition) is 3. The van der Waals surface area contributed by atoms with Crippen LogP contribution in [0.25, 0.3) is 16.6 Å². The summed E-state index contributed by atoms with van der Waals surface area (Å²) in [6.45, 7) is 3.06. The minimum atomic E-state index is 0.0712. The fourth-order valence-electron chi connectivity index (χ4n) is 4.82. The van der Waals surface area contributed by atoms with Gasteiger partial charge in [0, 0.05) is 53.8 Å². The maximum atomic E-state index is 13.3. The summed E-state index contributed by atoms with van der Waals surface area (Å²) in [5, 5.41) is 9.80. The van der Waals surface area contributed by atoms with Crippen LogP contribution in [-0.2, 0) is 25.9 Å². The first-order chi connectivity index (χ1) is 15.2. The lowest BCUT2D eigenvalue weighted by atomic mass is 10.0. The average Bonchev–Trinajstić information content (AvgIpc) is 3.39. The summed E-state index contributed by atoms with van der Waals surface area (Å²) in [5.74, 6) is 0.0712. The standard InChI is InChI=1S/C24H22ClN5O/c25-19-3-1-2-4-23(19)30-22-8-10-29(14-16(22)12-27-30)24(31)15-5-6-20-18(11-15)17-7-9-26-13-21(17)28-20/h1-6,11-12,26,28H,7-10,13-14H2. The van der Waals surface area contributed by atoms with E-state index in [-0.39, 0.29) is 5.91 Å². The number of aromatic nitrogens is 3. The summed E-state index contributed by atoms with van der Waals surface area (Å²) in [5.41, 5.74) is 7.50. The average molecular weight is 432 g/mol. The summed E-state index contributed by atoms with van der Waals surface area (Å²) in [7, 11) is 0. The van der Waals surface area contributed by atoms with Crippen LogP contribution in [0.5, 0.6) is 0 Å². The molecule has 2 aromatic carbocycles. The Labute approximate surface area is 184 Å². The van der Waals surface area contributed by atoms with Crippen molar-refractivity contribution in [1.29, 1.82) is 0 Å². The third kappa shape index (κ3) is 3.06. The van der Waals surface area contributed by atoms with Crippen molar-refractivity contribution >= 4 is 28.4 Å². The van der Waals surface area contributed by atoms with E-state index in [9.17, 15) is 4.79 Å². The van der Waals surface area contributed by atoms with Crippen molar-refractivity contribution in [3.8, 4) is 5.69 Å². The van der Waals surface area contributed by atoms with Crippen molar-refractivity contribution < 1.29 is 4.79 Å². The van der Waals surface area contributed by atoms with Gasteiger partial charge in [0.2, 0.25) is 0 Å². The van der Waals surface area contributed by atoms with E-state index >= 15 is 0 Å². The third-order valence-corrected chi connectivity index (χ3v) is 6.72. The van der Waals surface area contributed by atoms with Crippen LogP contribution in [-0.4, -0.2) is 38.7 Å². The highest BCUT2D eigenvalue weighted by Gasteiger charge is 2.26. The molecule has 4 aromatic rings. The Morgan fingerprint density at radius 1 is 1.13 bits per heavy atom. The Balaban J connectivity index is 1.29. The van der Waals surface area contributed by atoms with Crippen molar-refractivity contribution in [1.82, 2.24) is 25.0 Å². The van der Waals surface area contributed by atoms with Crippen LogP contribution < -0.4 is 5.32 Å². The molecule has 1 amide bonds. The molecule has 0 aliphatic carbocycles. The third-order valence-electron chi connectivity index (χ3n) is 6.40. The molecule has 7 heteroatoms. The maximum Gasteiger partial charge on any atom is 0.254 e. The fraction of sp³-hybridized carbons (Fsp3) is 0.250. The topological polar surface area (TPSA) is 66.0 Å². The quantitative estimate of drug-likeness (QED) is 0.506. The number of aromatic amines is 1. The number of amides is 1. The molecule has 31 heavy (non-hydrogen) atoms. The molecule has 0 radical (unpaired) electrons. The van der Waals surface area contributed by atoms with Gasteiger partial charge in [-0.05, 0) is 48.9 Å². The molecule has 156 valence electrons. The number of nitrogens with one attached hydrogen (secondary N) is 2. The Morgan fingerprint density at radius 3 is 2.94 bits per heavy atom. The molecule has 0 spiro atoms. The number of H-pyrrole nitrogens is 1. The summed E-state index contributed by atoms with van der Waals surface area (Å²) in [6.07, 6.45) is 3.60. The first-order valence-electron chi connectivity index (χ1n) is 10.6. The predicted octanol–water partition coefficient (Wildman–Crippen LogP) is 3.85. The van der Waals surface area contributed by atoms with Crippen LogP contribution in [0.4, 0.5) is 0 Å². The second kappa shape index (κ2) is 7.25. The molecule has 2 aliphatic rings. The van der Waals surface area contributed by atoms with Gasteiger partial charge >= 0.3 is 0 Å². The smallest absolute Gasteiger partial charge is 0.254 e. The van der Waals surface area contributed by atoms with E-state index in [1.54, 1.807) is 0 Å². The van der Waals surface area contributed by atoms with Gasteiger partial charge in [0.15, 0.2) is 0 Å². The Hall–Kier alpha value is -3.09. The van der Waals surface area contributed by atoms with E-state index in [1.807, 2.05) is 52.2 Å². The van der Waals surface area contributed by atoms with Crippen molar-refractivity contribution in [3.63, 3.8) is 0 Å². The van der Waals surface area contributed by atoms with Crippen LogP contribution >= 0.6 is 11.6 Å². The van der Waals surface area contributed by atoms with E-state index in [0.717, 1.165) is 54.0 Å². The molecular weight excluding hydrogens is 410 g/mol. The van der Waals surface area contributed by atoms with Gasteiger partial charge in [0.25, 0.3) is 5.91 Å². The summed E-state index contributed by atoms with van der Waals surface area (Å²) >= 11 is 6.37. The van der Waals surface area contributed by atoms with Gasteiger partial charge in [-0.2, -0.15) is 5.10 Å². The minimum Gasteiger partial charge on any atom is -0.357 e. The monoisotopic (exact) mass is 431 g/mol. The molecule has 0 saturated carbocycles. The molecule has 0 atom stereocenters. The largest absolute Gasteiger partial charge is 0.357 e. The maximum absolute atomic E-state index is 13.3. The Bertz CT molecular complexity index is 1320. The zero-order valence-corrected chi connectivity index (χ0v) is 17.7. The second-order valence-electron chi connectivity index (χ2n) is 8.23. The Morgan fingerprint density at radius 2 is 2.03 bits per heavy atom. The first-order valence-corrected chi connectivity index (χ1v) is 11.0. The minimum absolute atomic E-state index is 0.0712. The van der Waals surface area contributed by atoms with Crippen LogP contribution in [0.3, 0.4) is 0 Å². The Kier molecular flexibility index (Phi) is 4.37. The second-order valence-corrected chi connectivity index (χ2v) is 8.63. The molecule has 4 heterocycles. The SMILES string of the molecule is O=C(c1ccc2[nH]c3c(c2c1)CCNC3)N1CCc2c(cnn2-c2ccccc2Cl)C1. The number of halogens is 1. The van der Waals surface area contributed by atoms with Gasteiger partial charge in [-0.3, -0.25) is 4.79 Å². The predicted molar refractivity (Wildman–Crippen MR) is 121 cm³/mol.